The molecule has 0 aromatic heterocycles. The fourth-order valence-electron chi connectivity index (χ4n) is 1.97. The first-order valence-corrected chi connectivity index (χ1v) is 7.32. The Hall–Kier alpha value is 0.110. The lowest BCUT2D eigenvalue weighted by atomic mass is 10.0. The van der Waals surface area contributed by atoms with Crippen molar-refractivity contribution >= 4 is 35.0 Å². The van der Waals surface area contributed by atoms with Crippen LogP contribution in [0.1, 0.15) is 31.4 Å². The number of nitrogens with one attached hydrogen (secondary N) is 1. The molecule has 88 valence electrons. The van der Waals surface area contributed by atoms with Crippen LogP contribution in [0.3, 0.4) is 0 Å². The first-order chi connectivity index (χ1) is 7.74. The minimum absolute atomic E-state index is 0.363. The molecule has 2 rings (SSSR count). The van der Waals surface area contributed by atoms with E-state index < -0.39 is 0 Å². The maximum Gasteiger partial charge on any atom is 0.0546 e. The van der Waals surface area contributed by atoms with Crippen LogP contribution in [0.2, 0.25) is 10.0 Å². The van der Waals surface area contributed by atoms with Crippen molar-refractivity contribution in [2.24, 2.45) is 0 Å². The van der Waals surface area contributed by atoms with Gasteiger partial charge in [-0.2, -0.15) is 0 Å². The second-order valence-electron chi connectivity index (χ2n) is 3.92. The molecule has 0 radical (unpaired) electrons. The zero-order chi connectivity index (χ0) is 11.5. The van der Waals surface area contributed by atoms with Crippen LogP contribution in [0.4, 0.5) is 0 Å². The minimum Gasteiger partial charge on any atom is -0.310 e. The number of rotatable bonds is 3. The Kier molecular flexibility index (Phi) is 4.42. The molecule has 1 aliphatic heterocycles. The van der Waals surface area contributed by atoms with Gasteiger partial charge in [0, 0.05) is 21.5 Å². The zero-order valence-corrected chi connectivity index (χ0v) is 11.6. The van der Waals surface area contributed by atoms with Crippen LogP contribution in [-0.4, -0.2) is 12.3 Å². The lowest BCUT2D eigenvalue weighted by Crippen LogP contribution is -2.25. The quantitative estimate of drug-likeness (QED) is 0.870. The molecule has 1 aromatic carbocycles. The lowest BCUT2D eigenvalue weighted by molar-refractivity contribution is 0.510. The summed E-state index contributed by atoms with van der Waals surface area (Å²) >= 11 is 14.3. The maximum atomic E-state index is 6.28. The number of fused-ring (bicyclic) bond motifs is 1. The van der Waals surface area contributed by atoms with Gasteiger partial charge in [-0.05, 0) is 37.3 Å². The van der Waals surface area contributed by atoms with Crippen molar-refractivity contribution in [3.05, 3.63) is 27.7 Å². The van der Waals surface area contributed by atoms with Gasteiger partial charge in [-0.3, -0.25) is 0 Å². The van der Waals surface area contributed by atoms with Crippen LogP contribution >= 0.6 is 35.0 Å². The van der Waals surface area contributed by atoms with E-state index >= 15 is 0 Å². The first-order valence-electron chi connectivity index (χ1n) is 5.58. The van der Waals surface area contributed by atoms with E-state index in [0.717, 1.165) is 40.1 Å². The molecule has 0 saturated carbocycles. The van der Waals surface area contributed by atoms with E-state index in [-0.39, 0.29) is 0 Å². The minimum atomic E-state index is 0.363. The molecular weight excluding hydrogens is 261 g/mol. The molecule has 0 fully saturated rings. The molecule has 1 unspecified atom stereocenters. The third-order valence-corrected chi connectivity index (χ3v) is 4.66. The highest BCUT2D eigenvalue weighted by Gasteiger charge is 2.24. The smallest absolute Gasteiger partial charge is 0.0546 e. The summed E-state index contributed by atoms with van der Waals surface area (Å²) in [6.45, 7) is 3.20. The molecule has 16 heavy (non-hydrogen) atoms. The van der Waals surface area contributed by atoms with Crippen molar-refractivity contribution in [3.63, 3.8) is 0 Å². The second-order valence-corrected chi connectivity index (χ2v) is 5.84. The molecule has 1 aromatic rings. The van der Waals surface area contributed by atoms with Gasteiger partial charge in [0.05, 0.1) is 5.02 Å². The Morgan fingerprint density at radius 1 is 1.38 bits per heavy atom. The van der Waals surface area contributed by atoms with Crippen LogP contribution < -0.4 is 5.32 Å². The standard InChI is InChI=1S/C12H15Cl2NS/c1-2-6-15-10-5-7-16-12-9(14)4-3-8(13)11(10)12/h3-4,10,15H,2,5-7H2,1H3. The third-order valence-electron chi connectivity index (χ3n) is 2.74. The largest absolute Gasteiger partial charge is 0.310 e. The van der Waals surface area contributed by atoms with Gasteiger partial charge in [0.2, 0.25) is 0 Å². The van der Waals surface area contributed by atoms with Gasteiger partial charge in [0.25, 0.3) is 0 Å². The molecule has 1 aliphatic rings. The molecule has 1 atom stereocenters. The molecule has 0 spiro atoms. The SMILES string of the molecule is CCCNC1CCSc2c(Cl)ccc(Cl)c21. The van der Waals surface area contributed by atoms with Gasteiger partial charge < -0.3 is 5.32 Å². The summed E-state index contributed by atoms with van der Waals surface area (Å²) in [7, 11) is 0. The number of benzene rings is 1. The Morgan fingerprint density at radius 3 is 2.88 bits per heavy atom. The Morgan fingerprint density at radius 2 is 2.12 bits per heavy atom. The lowest BCUT2D eigenvalue weighted by Gasteiger charge is -2.27. The van der Waals surface area contributed by atoms with E-state index in [1.165, 1.54) is 5.56 Å². The number of thioether (sulfide) groups is 1. The van der Waals surface area contributed by atoms with Gasteiger partial charge in [-0.25, -0.2) is 0 Å². The third kappa shape index (κ3) is 2.51. The molecule has 1 heterocycles. The summed E-state index contributed by atoms with van der Waals surface area (Å²) in [5, 5.41) is 5.20. The fraction of sp³-hybridized carbons (Fsp3) is 0.500. The zero-order valence-electron chi connectivity index (χ0n) is 9.22. The number of hydrogen-bond acceptors (Lipinski definition) is 2. The molecule has 0 bridgehead atoms. The maximum absolute atomic E-state index is 6.28. The van der Waals surface area contributed by atoms with E-state index in [4.69, 9.17) is 23.2 Å². The van der Waals surface area contributed by atoms with Crippen molar-refractivity contribution in [2.45, 2.75) is 30.7 Å². The van der Waals surface area contributed by atoms with Gasteiger partial charge in [-0.1, -0.05) is 30.1 Å². The van der Waals surface area contributed by atoms with Crippen LogP contribution in [-0.2, 0) is 0 Å². The highest BCUT2D eigenvalue weighted by molar-refractivity contribution is 7.99. The van der Waals surface area contributed by atoms with Gasteiger partial charge in [0.1, 0.15) is 0 Å². The molecule has 1 N–H and O–H groups in total. The highest BCUT2D eigenvalue weighted by atomic mass is 35.5. The highest BCUT2D eigenvalue weighted by Crippen LogP contribution is 2.43. The molecule has 0 saturated heterocycles. The number of hydrogen-bond donors (Lipinski definition) is 1. The van der Waals surface area contributed by atoms with Crippen LogP contribution in [0.25, 0.3) is 0 Å². The number of halogens is 2. The summed E-state index contributed by atoms with van der Waals surface area (Å²) in [5.74, 6) is 1.11. The Bertz CT molecular complexity index is 382. The predicted molar refractivity (Wildman–Crippen MR) is 72.8 cm³/mol. The van der Waals surface area contributed by atoms with Crippen LogP contribution in [0.5, 0.6) is 0 Å². The van der Waals surface area contributed by atoms with E-state index in [9.17, 15) is 0 Å². The Labute approximate surface area is 111 Å². The Balaban J connectivity index is 2.33. The van der Waals surface area contributed by atoms with Gasteiger partial charge in [0.15, 0.2) is 0 Å². The van der Waals surface area contributed by atoms with Crippen LogP contribution in [0.15, 0.2) is 17.0 Å². The summed E-state index contributed by atoms with van der Waals surface area (Å²) in [6.07, 6.45) is 2.26. The average molecular weight is 276 g/mol. The normalized spacial score (nSPS) is 19.6. The molecule has 1 nitrogen and oxygen atoms in total. The van der Waals surface area contributed by atoms with Crippen molar-refractivity contribution in [3.8, 4) is 0 Å². The molecule has 0 aliphatic carbocycles. The summed E-state index contributed by atoms with van der Waals surface area (Å²) in [5.41, 5.74) is 1.19. The summed E-state index contributed by atoms with van der Waals surface area (Å²) < 4.78 is 0. The van der Waals surface area contributed by atoms with E-state index in [1.807, 2.05) is 23.9 Å². The van der Waals surface area contributed by atoms with Gasteiger partial charge in [-0.15, -0.1) is 11.8 Å². The van der Waals surface area contributed by atoms with Crippen molar-refractivity contribution in [2.75, 3.05) is 12.3 Å². The van der Waals surface area contributed by atoms with E-state index in [1.54, 1.807) is 0 Å². The van der Waals surface area contributed by atoms with Gasteiger partial charge >= 0.3 is 0 Å². The van der Waals surface area contributed by atoms with E-state index in [0.29, 0.717) is 6.04 Å². The first kappa shape index (κ1) is 12.6. The molecule has 0 amide bonds. The predicted octanol–water partition coefficient (Wildman–Crippen LogP) is 4.53. The summed E-state index contributed by atoms with van der Waals surface area (Å²) in [6, 6.07) is 4.15. The average Bonchev–Trinajstić information content (AvgIpc) is 2.31. The van der Waals surface area contributed by atoms with Crippen LogP contribution in [0, 0.1) is 0 Å². The second kappa shape index (κ2) is 5.63. The summed E-state index contributed by atoms with van der Waals surface area (Å²) in [4.78, 5) is 1.16. The van der Waals surface area contributed by atoms with E-state index in [2.05, 4.69) is 12.2 Å². The fourth-order valence-corrected chi connectivity index (χ4v) is 3.81. The van der Waals surface area contributed by atoms with Crippen molar-refractivity contribution < 1.29 is 0 Å². The topological polar surface area (TPSA) is 12.0 Å². The van der Waals surface area contributed by atoms with Crippen molar-refractivity contribution in [1.82, 2.24) is 5.32 Å². The molecular formula is C12H15Cl2NS. The monoisotopic (exact) mass is 275 g/mol. The van der Waals surface area contributed by atoms with Crippen molar-refractivity contribution in [1.29, 1.82) is 0 Å². The molecule has 4 heteroatoms.